The van der Waals surface area contributed by atoms with Crippen molar-refractivity contribution in [2.24, 2.45) is 5.92 Å². The summed E-state index contributed by atoms with van der Waals surface area (Å²) in [7, 11) is 0. The van der Waals surface area contributed by atoms with E-state index in [0.29, 0.717) is 12.5 Å². The van der Waals surface area contributed by atoms with Crippen LogP contribution in [0.1, 0.15) is 29.6 Å². The molecular weight excluding hydrogens is 220 g/mol. The molecule has 0 aromatic carbocycles. The average molecular weight is 236 g/mol. The average Bonchev–Trinajstić information content (AvgIpc) is 2.73. The minimum atomic E-state index is -0.378. The first kappa shape index (κ1) is 11.9. The molecule has 1 aromatic heterocycles. The number of carbonyl (C=O) groups is 1. The molecule has 1 saturated carbocycles. The lowest BCUT2D eigenvalue weighted by Gasteiger charge is -2.10. The Hall–Kier alpha value is -1.62. The summed E-state index contributed by atoms with van der Waals surface area (Å²) in [6, 6.07) is 3.12. The fraction of sp³-hybridized carbons (Fsp3) is 0.500. The highest BCUT2D eigenvalue weighted by Crippen LogP contribution is 2.24. The molecule has 2 atom stereocenters. The van der Waals surface area contributed by atoms with E-state index >= 15 is 0 Å². The van der Waals surface area contributed by atoms with E-state index in [2.05, 4.69) is 10.3 Å². The molecule has 5 nitrogen and oxygen atoms in total. The van der Waals surface area contributed by atoms with Gasteiger partial charge < -0.3 is 15.4 Å². The molecule has 1 aromatic rings. The van der Waals surface area contributed by atoms with Gasteiger partial charge in [-0.1, -0.05) is 0 Å². The molecule has 0 radical (unpaired) electrons. The second kappa shape index (κ2) is 5.14. The first-order valence-corrected chi connectivity index (χ1v) is 5.81. The van der Waals surface area contributed by atoms with E-state index in [9.17, 15) is 14.7 Å². The van der Waals surface area contributed by atoms with Crippen molar-refractivity contribution >= 4 is 5.91 Å². The summed E-state index contributed by atoms with van der Waals surface area (Å²) < 4.78 is 0. The van der Waals surface area contributed by atoms with Gasteiger partial charge in [0, 0.05) is 12.7 Å². The first-order valence-electron chi connectivity index (χ1n) is 5.81. The van der Waals surface area contributed by atoms with Gasteiger partial charge in [-0.3, -0.25) is 9.59 Å². The molecule has 17 heavy (non-hydrogen) atoms. The van der Waals surface area contributed by atoms with Crippen molar-refractivity contribution in [2.75, 3.05) is 6.54 Å². The molecule has 1 heterocycles. The van der Waals surface area contributed by atoms with Gasteiger partial charge >= 0.3 is 0 Å². The predicted molar refractivity (Wildman–Crippen MR) is 62.7 cm³/mol. The summed E-state index contributed by atoms with van der Waals surface area (Å²) in [5.74, 6) is -0.0371. The number of aromatic nitrogens is 1. The van der Waals surface area contributed by atoms with Crippen molar-refractivity contribution in [2.45, 2.75) is 25.4 Å². The third-order valence-corrected chi connectivity index (χ3v) is 3.13. The van der Waals surface area contributed by atoms with Gasteiger partial charge in [0.15, 0.2) is 0 Å². The highest BCUT2D eigenvalue weighted by atomic mass is 16.3. The van der Waals surface area contributed by atoms with Gasteiger partial charge in [-0.25, -0.2) is 0 Å². The van der Waals surface area contributed by atoms with Crippen LogP contribution in [0.15, 0.2) is 23.1 Å². The normalized spacial score (nSPS) is 23.6. The molecule has 0 spiro atoms. The highest BCUT2D eigenvalue weighted by molar-refractivity contribution is 5.93. The van der Waals surface area contributed by atoms with Gasteiger partial charge in [0.25, 0.3) is 11.5 Å². The number of H-pyrrole nitrogens is 1. The number of aliphatic hydroxyl groups excluding tert-OH is 1. The number of hydrogen-bond donors (Lipinski definition) is 3. The summed E-state index contributed by atoms with van der Waals surface area (Å²) in [4.78, 5) is 25.5. The Kier molecular flexibility index (Phi) is 3.58. The Labute approximate surface area is 98.9 Å². The number of aromatic amines is 1. The summed E-state index contributed by atoms with van der Waals surface area (Å²) in [5, 5.41) is 12.1. The summed E-state index contributed by atoms with van der Waals surface area (Å²) in [6.45, 7) is 0.518. The number of carbonyl (C=O) groups excluding carboxylic acids is 1. The molecule has 92 valence electrons. The number of pyridine rings is 1. The topological polar surface area (TPSA) is 82.2 Å². The fourth-order valence-corrected chi connectivity index (χ4v) is 2.17. The third kappa shape index (κ3) is 2.94. The van der Waals surface area contributed by atoms with Crippen molar-refractivity contribution in [1.82, 2.24) is 10.3 Å². The molecule has 1 fully saturated rings. The van der Waals surface area contributed by atoms with Crippen LogP contribution in [0, 0.1) is 5.92 Å². The van der Waals surface area contributed by atoms with Crippen molar-refractivity contribution in [3.63, 3.8) is 0 Å². The first-order chi connectivity index (χ1) is 8.16. The highest BCUT2D eigenvalue weighted by Gasteiger charge is 2.23. The maximum absolute atomic E-state index is 11.7. The monoisotopic (exact) mass is 236 g/mol. The molecule has 3 N–H and O–H groups in total. The van der Waals surface area contributed by atoms with Gasteiger partial charge in [0.1, 0.15) is 5.56 Å². The molecule has 5 heteroatoms. The second-order valence-electron chi connectivity index (χ2n) is 4.46. The van der Waals surface area contributed by atoms with E-state index in [0.717, 1.165) is 19.3 Å². The molecule has 0 saturated heterocycles. The number of nitrogens with one attached hydrogen (secondary N) is 2. The van der Waals surface area contributed by atoms with Crippen molar-refractivity contribution in [3.8, 4) is 0 Å². The second-order valence-corrected chi connectivity index (χ2v) is 4.46. The summed E-state index contributed by atoms with van der Waals surface area (Å²) in [6.07, 6.45) is 3.70. The quantitative estimate of drug-likeness (QED) is 0.704. The van der Waals surface area contributed by atoms with E-state index in [1.807, 2.05) is 0 Å². The van der Waals surface area contributed by atoms with E-state index in [1.54, 1.807) is 6.07 Å². The lowest BCUT2D eigenvalue weighted by atomic mass is 10.1. The van der Waals surface area contributed by atoms with Crippen molar-refractivity contribution in [1.29, 1.82) is 0 Å². The molecule has 2 unspecified atom stereocenters. The Balaban J connectivity index is 1.90. The van der Waals surface area contributed by atoms with Crippen LogP contribution in [0.5, 0.6) is 0 Å². The van der Waals surface area contributed by atoms with Gasteiger partial charge in [0.05, 0.1) is 6.10 Å². The van der Waals surface area contributed by atoms with E-state index in [4.69, 9.17) is 0 Å². The van der Waals surface area contributed by atoms with E-state index < -0.39 is 0 Å². The minimum Gasteiger partial charge on any atom is -0.393 e. The van der Waals surface area contributed by atoms with Gasteiger partial charge in [0.2, 0.25) is 0 Å². The lowest BCUT2D eigenvalue weighted by molar-refractivity contribution is 0.0943. The lowest BCUT2D eigenvalue weighted by Crippen LogP contribution is -2.32. The van der Waals surface area contributed by atoms with Crippen LogP contribution in [0.4, 0.5) is 0 Å². The van der Waals surface area contributed by atoms with Crippen LogP contribution in [-0.2, 0) is 0 Å². The molecule has 0 bridgehead atoms. The van der Waals surface area contributed by atoms with Gasteiger partial charge in [-0.05, 0) is 37.3 Å². The SMILES string of the molecule is O=C(NCC1CCC(O)C1)c1ccc[nH]c1=O. The van der Waals surface area contributed by atoms with Crippen LogP contribution < -0.4 is 10.9 Å². The molecular formula is C12H16N2O3. The molecule has 1 amide bonds. The Morgan fingerprint density at radius 3 is 3.00 bits per heavy atom. The summed E-state index contributed by atoms with van der Waals surface area (Å²) >= 11 is 0. The maximum atomic E-state index is 11.7. The van der Waals surface area contributed by atoms with Crippen LogP contribution in [0.3, 0.4) is 0 Å². The number of aliphatic hydroxyl groups is 1. The number of rotatable bonds is 3. The molecule has 1 aliphatic rings. The smallest absolute Gasteiger partial charge is 0.260 e. The van der Waals surface area contributed by atoms with Crippen molar-refractivity contribution < 1.29 is 9.90 Å². The maximum Gasteiger partial charge on any atom is 0.260 e. The van der Waals surface area contributed by atoms with Gasteiger partial charge in [-0.15, -0.1) is 0 Å². The van der Waals surface area contributed by atoms with E-state index in [1.165, 1.54) is 12.3 Å². The summed E-state index contributed by atoms with van der Waals surface area (Å²) in [5.41, 5.74) is -0.248. The fourth-order valence-electron chi connectivity index (χ4n) is 2.17. The zero-order valence-electron chi connectivity index (χ0n) is 9.48. The standard InChI is InChI=1S/C12H16N2O3/c15-9-4-3-8(6-9)7-14-12(17)10-2-1-5-13-11(10)16/h1-2,5,8-9,15H,3-4,6-7H2,(H,13,16)(H,14,17). The third-order valence-electron chi connectivity index (χ3n) is 3.13. The van der Waals surface area contributed by atoms with Crippen LogP contribution >= 0.6 is 0 Å². The Morgan fingerprint density at radius 2 is 2.35 bits per heavy atom. The number of hydrogen-bond acceptors (Lipinski definition) is 3. The molecule has 1 aliphatic carbocycles. The zero-order valence-corrected chi connectivity index (χ0v) is 9.48. The predicted octanol–water partition coefficient (Wildman–Crippen LogP) is 0.266. The Bertz CT molecular complexity index is 455. The Morgan fingerprint density at radius 1 is 1.53 bits per heavy atom. The number of amides is 1. The van der Waals surface area contributed by atoms with Crippen LogP contribution in [0.2, 0.25) is 0 Å². The molecule has 0 aliphatic heterocycles. The van der Waals surface area contributed by atoms with Gasteiger partial charge in [-0.2, -0.15) is 0 Å². The largest absolute Gasteiger partial charge is 0.393 e. The zero-order chi connectivity index (χ0) is 12.3. The minimum absolute atomic E-state index is 0.131. The van der Waals surface area contributed by atoms with Crippen LogP contribution in [0.25, 0.3) is 0 Å². The molecule has 2 rings (SSSR count). The van der Waals surface area contributed by atoms with E-state index in [-0.39, 0.29) is 23.1 Å². The van der Waals surface area contributed by atoms with Crippen molar-refractivity contribution in [3.05, 3.63) is 34.2 Å². The van der Waals surface area contributed by atoms with Crippen LogP contribution in [-0.4, -0.2) is 28.6 Å².